The molecular weight excluding hydrogens is 306 g/mol. The molecule has 1 amide bonds. The summed E-state index contributed by atoms with van der Waals surface area (Å²) in [6.45, 7) is 3.05. The summed E-state index contributed by atoms with van der Waals surface area (Å²) in [5.74, 6) is 0.449. The first-order chi connectivity index (χ1) is 10.4. The second-order valence-corrected chi connectivity index (χ2v) is 6.71. The third-order valence-corrected chi connectivity index (χ3v) is 4.70. The summed E-state index contributed by atoms with van der Waals surface area (Å²) in [6.07, 6.45) is 0.943. The number of nitrogens with two attached hydrogens (primary N) is 1. The third kappa shape index (κ3) is 4.43. The van der Waals surface area contributed by atoms with Gasteiger partial charge in [0.2, 0.25) is 5.91 Å². The zero-order valence-electron chi connectivity index (χ0n) is 12.5. The molecule has 0 radical (unpaired) electrons. The first-order valence-corrected chi connectivity index (χ1v) is 8.72. The summed E-state index contributed by atoms with van der Waals surface area (Å²) in [4.78, 5) is 12.2. The van der Waals surface area contributed by atoms with E-state index >= 15 is 0 Å². The number of carbonyl (C=O) groups is 1. The van der Waals surface area contributed by atoms with E-state index in [1.807, 2.05) is 6.92 Å². The molecule has 1 aromatic rings. The van der Waals surface area contributed by atoms with Crippen molar-refractivity contribution in [2.24, 2.45) is 11.1 Å². The molecule has 2 rings (SSSR count). The largest absolute Gasteiger partial charge is 0.494 e. The third-order valence-electron chi connectivity index (χ3n) is 3.62. The Balaban J connectivity index is 1.88. The highest BCUT2D eigenvalue weighted by Crippen LogP contribution is 2.21. The van der Waals surface area contributed by atoms with E-state index in [9.17, 15) is 13.2 Å². The number of carbonyl (C=O) groups excluding carboxylic acids is 1. The average Bonchev–Trinajstić information content (AvgIpc) is 2.49. The van der Waals surface area contributed by atoms with Crippen LogP contribution in [0.4, 0.5) is 5.69 Å². The molecule has 7 nitrogen and oxygen atoms in total. The minimum atomic E-state index is -3.66. The minimum Gasteiger partial charge on any atom is -0.494 e. The van der Waals surface area contributed by atoms with Crippen LogP contribution in [0.15, 0.2) is 24.3 Å². The van der Waals surface area contributed by atoms with Gasteiger partial charge in [0.05, 0.1) is 6.61 Å². The van der Waals surface area contributed by atoms with Gasteiger partial charge in [-0.15, -0.1) is 0 Å². The number of nitrogens with zero attached hydrogens (tertiary/aromatic N) is 1. The van der Waals surface area contributed by atoms with E-state index in [-0.39, 0.29) is 24.9 Å². The van der Waals surface area contributed by atoms with Crippen LogP contribution in [0.3, 0.4) is 0 Å². The molecule has 1 fully saturated rings. The fourth-order valence-corrected chi connectivity index (χ4v) is 3.14. The van der Waals surface area contributed by atoms with Gasteiger partial charge in [0.25, 0.3) is 10.2 Å². The van der Waals surface area contributed by atoms with E-state index in [1.165, 1.54) is 4.31 Å². The minimum absolute atomic E-state index is 0.0989. The molecule has 0 saturated carbocycles. The van der Waals surface area contributed by atoms with Crippen LogP contribution in [-0.4, -0.2) is 38.3 Å². The van der Waals surface area contributed by atoms with Crippen LogP contribution < -0.4 is 15.2 Å². The molecule has 1 heterocycles. The van der Waals surface area contributed by atoms with Crippen molar-refractivity contribution in [2.75, 3.05) is 25.0 Å². The molecule has 0 bridgehead atoms. The summed E-state index contributed by atoms with van der Waals surface area (Å²) in [7, 11) is -3.66. The van der Waals surface area contributed by atoms with Gasteiger partial charge in [-0.2, -0.15) is 12.7 Å². The van der Waals surface area contributed by atoms with Crippen LogP contribution in [0.5, 0.6) is 5.75 Å². The van der Waals surface area contributed by atoms with Gasteiger partial charge in [-0.25, -0.2) is 5.14 Å². The van der Waals surface area contributed by atoms with Crippen molar-refractivity contribution in [3.8, 4) is 5.75 Å². The molecule has 3 N–H and O–H groups in total. The smallest absolute Gasteiger partial charge is 0.276 e. The predicted octanol–water partition coefficient (Wildman–Crippen LogP) is 0.939. The average molecular weight is 327 g/mol. The number of piperidine rings is 1. The molecule has 1 saturated heterocycles. The number of nitrogens with one attached hydrogen (secondary N) is 1. The maximum atomic E-state index is 12.2. The molecule has 0 aliphatic carbocycles. The highest BCUT2D eigenvalue weighted by molar-refractivity contribution is 7.86. The lowest BCUT2D eigenvalue weighted by atomic mass is 9.97. The lowest BCUT2D eigenvalue weighted by Crippen LogP contribution is -2.44. The molecule has 22 heavy (non-hydrogen) atoms. The first-order valence-electron chi connectivity index (χ1n) is 7.21. The Hall–Kier alpha value is -1.64. The zero-order valence-corrected chi connectivity index (χ0v) is 13.3. The molecule has 1 aromatic carbocycles. The zero-order chi connectivity index (χ0) is 16.2. The highest BCUT2D eigenvalue weighted by Gasteiger charge is 2.29. The van der Waals surface area contributed by atoms with Gasteiger partial charge in [0.1, 0.15) is 5.75 Å². The first kappa shape index (κ1) is 16.7. The topological polar surface area (TPSA) is 102 Å². The van der Waals surface area contributed by atoms with Crippen molar-refractivity contribution in [3.05, 3.63) is 24.3 Å². The van der Waals surface area contributed by atoms with Crippen LogP contribution in [0, 0.1) is 5.92 Å². The summed E-state index contributed by atoms with van der Waals surface area (Å²) in [6, 6.07) is 7.15. The summed E-state index contributed by atoms with van der Waals surface area (Å²) >= 11 is 0. The van der Waals surface area contributed by atoms with Gasteiger partial charge in [-0.3, -0.25) is 4.79 Å². The number of rotatable bonds is 5. The Morgan fingerprint density at radius 3 is 2.41 bits per heavy atom. The van der Waals surface area contributed by atoms with Crippen molar-refractivity contribution < 1.29 is 17.9 Å². The van der Waals surface area contributed by atoms with Crippen LogP contribution >= 0.6 is 0 Å². The van der Waals surface area contributed by atoms with Gasteiger partial charge < -0.3 is 10.1 Å². The predicted molar refractivity (Wildman–Crippen MR) is 83.6 cm³/mol. The lowest BCUT2D eigenvalue weighted by molar-refractivity contribution is -0.120. The lowest BCUT2D eigenvalue weighted by Gasteiger charge is -2.29. The van der Waals surface area contributed by atoms with Crippen molar-refractivity contribution in [1.29, 1.82) is 0 Å². The van der Waals surface area contributed by atoms with E-state index in [0.29, 0.717) is 25.1 Å². The van der Waals surface area contributed by atoms with Gasteiger partial charge >= 0.3 is 0 Å². The standard InChI is InChI=1S/C14H21N3O4S/c1-2-21-13-5-3-12(4-6-13)16-14(18)11-7-9-17(10-8-11)22(15,19)20/h3-6,11H,2,7-10H2,1H3,(H,16,18)(H2,15,19,20). The highest BCUT2D eigenvalue weighted by atomic mass is 32.2. The number of amides is 1. The van der Waals surface area contributed by atoms with Gasteiger partial charge in [0, 0.05) is 24.7 Å². The molecule has 0 aromatic heterocycles. The van der Waals surface area contributed by atoms with Gasteiger partial charge in [-0.05, 0) is 44.0 Å². The maximum absolute atomic E-state index is 12.2. The fraction of sp³-hybridized carbons (Fsp3) is 0.500. The van der Waals surface area contributed by atoms with Crippen molar-refractivity contribution >= 4 is 21.8 Å². The number of hydrogen-bond acceptors (Lipinski definition) is 4. The Kier molecular flexibility index (Phi) is 5.38. The summed E-state index contributed by atoms with van der Waals surface area (Å²) < 4.78 is 29.0. The fourth-order valence-electron chi connectivity index (χ4n) is 2.42. The molecular formula is C14H21N3O4S. The van der Waals surface area contributed by atoms with Crippen LogP contribution in [0.1, 0.15) is 19.8 Å². The van der Waals surface area contributed by atoms with Gasteiger partial charge in [0.15, 0.2) is 0 Å². The van der Waals surface area contributed by atoms with Crippen molar-refractivity contribution in [3.63, 3.8) is 0 Å². The SMILES string of the molecule is CCOc1ccc(NC(=O)C2CCN(S(N)(=O)=O)CC2)cc1. The van der Waals surface area contributed by atoms with Crippen LogP contribution in [0.25, 0.3) is 0 Å². The quantitative estimate of drug-likeness (QED) is 0.840. The van der Waals surface area contributed by atoms with Crippen LogP contribution in [0.2, 0.25) is 0 Å². The molecule has 0 spiro atoms. The van der Waals surface area contributed by atoms with E-state index in [2.05, 4.69) is 5.32 Å². The van der Waals surface area contributed by atoms with Crippen molar-refractivity contribution in [2.45, 2.75) is 19.8 Å². The van der Waals surface area contributed by atoms with Crippen molar-refractivity contribution in [1.82, 2.24) is 4.31 Å². The normalized spacial score (nSPS) is 17.2. The monoisotopic (exact) mass is 327 g/mol. The number of anilines is 1. The molecule has 0 atom stereocenters. The molecule has 0 unspecified atom stereocenters. The van der Waals surface area contributed by atoms with E-state index < -0.39 is 10.2 Å². The Morgan fingerprint density at radius 2 is 1.91 bits per heavy atom. The molecule has 122 valence electrons. The van der Waals surface area contributed by atoms with Gasteiger partial charge in [-0.1, -0.05) is 0 Å². The molecule has 8 heteroatoms. The number of benzene rings is 1. The second kappa shape index (κ2) is 7.08. The van der Waals surface area contributed by atoms with Crippen LogP contribution in [-0.2, 0) is 15.0 Å². The van der Waals surface area contributed by atoms with E-state index in [1.54, 1.807) is 24.3 Å². The van der Waals surface area contributed by atoms with E-state index in [0.717, 1.165) is 5.75 Å². The van der Waals surface area contributed by atoms with E-state index in [4.69, 9.17) is 9.88 Å². The Labute approximate surface area is 130 Å². The number of hydrogen-bond donors (Lipinski definition) is 2. The number of ether oxygens (including phenoxy) is 1. The summed E-state index contributed by atoms with van der Waals surface area (Å²) in [5, 5.41) is 7.92. The summed E-state index contributed by atoms with van der Waals surface area (Å²) in [5.41, 5.74) is 0.697. The second-order valence-electron chi connectivity index (χ2n) is 5.16. The maximum Gasteiger partial charge on any atom is 0.276 e. The molecule has 1 aliphatic heterocycles. The Bertz CT molecular complexity index is 607. The molecule has 1 aliphatic rings. The Morgan fingerprint density at radius 1 is 1.32 bits per heavy atom.